The van der Waals surface area contributed by atoms with Crippen molar-refractivity contribution in [3.63, 3.8) is 0 Å². The Balaban J connectivity index is 1.62. The predicted molar refractivity (Wildman–Crippen MR) is 131 cm³/mol. The molecular weight excluding hydrogens is 448 g/mol. The molecule has 0 unspecified atom stereocenters. The average Bonchev–Trinajstić information content (AvgIpc) is 3.11. The lowest BCUT2D eigenvalue weighted by atomic mass is 9.48. The third kappa shape index (κ3) is 4.18. The van der Waals surface area contributed by atoms with E-state index in [1.807, 2.05) is 20.8 Å². The molecule has 0 spiro atoms. The Morgan fingerprint density at radius 3 is 2.26 bits per heavy atom. The van der Waals surface area contributed by atoms with E-state index in [0.29, 0.717) is 13.0 Å². The second kappa shape index (κ2) is 9.23. The molecule has 35 heavy (non-hydrogen) atoms. The monoisotopic (exact) mass is 496 g/mol. The van der Waals surface area contributed by atoms with Crippen LogP contribution in [-0.4, -0.2) is 68.1 Å². The number of aliphatic hydroxyl groups excluding tert-OH is 4. The van der Waals surface area contributed by atoms with Crippen LogP contribution in [0.2, 0.25) is 0 Å². The number of carbonyl (C=O) groups is 1. The lowest BCUT2D eigenvalue weighted by Gasteiger charge is -2.57. The van der Waals surface area contributed by atoms with E-state index < -0.39 is 41.3 Å². The van der Waals surface area contributed by atoms with Crippen LogP contribution in [0.3, 0.4) is 0 Å². The zero-order valence-electron chi connectivity index (χ0n) is 22.4. The second-order valence-corrected chi connectivity index (χ2v) is 13.6. The van der Waals surface area contributed by atoms with Gasteiger partial charge in [-0.3, -0.25) is 4.79 Å². The highest BCUT2D eigenvalue weighted by Crippen LogP contribution is 2.66. The van der Waals surface area contributed by atoms with Crippen LogP contribution in [0.25, 0.3) is 0 Å². The predicted octanol–water partition coefficient (Wildman–Crippen LogP) is 2.50. The van der Waals surface area contributed by atoms with Crippen molar-refractivity contribution >= 4 is 5.97 Å². The zero-order chi connectivity index (χ0) is 26.1. The van der Waals surface area contributed by atoms with Gasteiger partial charge in [-0.2, -0.15) is 0 Å². The third-order valence-corrected chi connectivity index (χ3v) is 11.6. The summed E-state index contributed by atoms with van der Waals surface area (Å²) in [4.78, 5) is 13.0. The van der Waals surface area contributed by atoms with Gasteiger partial charge in [0.05, 0.1) is 36.4 Å². The van der Waals surface area contributed by atoms with E-state index in [1.165, 1.54) is 0 Å². The van der Waals surface area contributed by atoms with E-state index in [4.69, 9.17) is 4.74 Å². The number of carbonyl (C=O) groups excluding carboxylic acids is 1. The van der Waals surface area contributed by atoms with E-state index in [1.54, 1.807) is 6.92 Å². The molecule has 0 bridgehead atoms. The van der Waals surface area contributed by atoms with Gasteiger partial charge >= 0.3 is 5.97 Å². The Bertz CT molecular complexity index is 798. The molecule has 3 aliphatic carbocycles. The highest BCUT2D eigenvalue weighted by atomic mass is 16.5. The van der Waals surface area contributed by atoms with E-state index in [0.717, 1.165) is 25.7 Å². The fourth-order valence-corrected chi connectivity index (χ4v) is 8.98. The Labute approximate surface area is 210 Å². The maximum atomic E-state index is 13.0. The van der Waals surface area contributed by atoms with Crippen molar-refractivity contribution in [2.24, 2.45) is 52.3 Å². The first kappa shape index (κ1) is 27.3. The van der Waals surface area contributed by atoms with Crippen molar-refractivity contribution in [2.45, 2.75) is 110 Å². The van der Waals surface area contributed by atoms with Crippen molar-refractivity contribution in [2.75, 3.05) is 6.61 Å². The summed E-state index contributed by atoms with van der Waals surface area (Å²) in [5.74, 6) is -0.359. The fraction of sp³-hybridized carbons (Fsp3) is 0.964. The Morgan fingerprint density at radius 2 is 1.63 bits per heavy atom. The summed E-state index contributed by atoms with van der Waals surface area (Å²) in [6.07, 6.45) is -0.0910. The number of cyclic esters (lactones) is 1. The summed E-state index contributed by atoms with van der Waals surface area (Å²) in [7, 11) is 0. The molecule has 1 heterocycles. The van der Waals surface area contributed by atoms with Crippen LogP contribution in [-0.2, 0) is 9.53 Å². The van der Waals surface area contributed by atoms with Gasteiger partial charge in [0.25, 0.3) is 0 Å². The van der Waals surface area contributed by atoms with Crippen LogP contribution in [0.5, 0.6) is 0 Å². The zero-order valence-corrected chi connectivity index (χ0v) is 22.4. The van der Waals surface area contributed by atoms with Gasteiger partial charge in [0.1, 0.15) is 6.10 Å². The van der Waals surface area contributed by atoms with E-state index in [2.05, 4.69) is 13.8 Å². The molecule has 13 atom stereocenters. The van der Waals surface area contributed by atoms with Gasteiger partial charge in [-0.25, -0.2) is 0 Å². The minimum absolute atomic E-state index is 0.104. The topological polar surface area (TPSA) is 127 Å². The lowest BCUT2D eigenvalue weighted by Crippen LogP contribution is -2.59. The minimum Gasteiger partial charge on any atom is -0.465 e. The molecule has 1 saturated heterocycles. The third-order valence-electron chi connectivity index (χ3n) is 11.6. The van der Waals surface area contributed by atoms with Crippen molar-refractivity contribution in [1.29, 1.82) is 0 Å². The van der Waals surface area contributed by atoms with Gasteiger partial charge in [-0.15, -0.1) is 0 Å². The molecule has 4 rings (SSSR count). The van der Waals surface area contributed by atoms with Crippen molar-refractivity contribution in [3.8, 4) is 0 Å². The van der Waals surface area contributed by atoms with Gasteiger partial charge in [0.15, 0.2) is 0 Å². The first-order valence-electron chi connectivity index (χ1n) is 13.8. The van der Waals surface area contributed by atoms with Crippen molar-refractivity contribution in [1.82, 2.24) is 0 Å². The molecule has 5 N–H and O–H groups in total. The van der Waals surface area contributed by atoms with Crippen LogP contribution in [0.1, 0.15) is 80.1 Å². The minimum atomic E-state index is -1.45. The molecule has 202 valence electrons. The number of hydrogen-bond donors (Lipinski definition) is 5. The molecular formula is C28H48O7. The number of ether oxygens (including phenoxy) is 1. The largest absolute Gasteiger partial charge is 0.465 e. The van der Waals surface area contributed by atoms with Gasteiger partial charge < -0.3 is 30.3 Å². The molecule has 0 aromatic heterocycles. The molecule has 4 aliphatic rings. The quantitative estimate of drug-likeness (QED) is 0.370. The van der Waals surface area contributed by atoms with Crippen molar-refractivity contribution in [3.05, 3.63) is 0 Å². The summed E-state index contributed by atoms with van der Waals surface area (Å²) in [6.45, 7) is 12.2. The molecule has 0 radical (unpaired) electrons. The number of aliphatic hydroxyl groups is 5. The van der Waals surface area contributed by atoms with Crippen LogP contribution >= 0.6 is 0 Å². The number of hydrogen-bond acceptors (Lipinski definition) is 7. The second-order valence-electron chi connectivity index (χ2n) is 13.6. The van der Waals surface area contributed by atoms with Gasteiger partial charge in [0.2, 0.25) is 0 Å². The Kier molecular flexibility index (Phi) is 7.20. The van der Waals surface area contributed by atoms with Crippen molar-refractivity contribution < 1.29 is 35.1 Å². The highest BCUT2D eigenvalue weighted by Gasteiger charge is 2.65. The maximum Gasteiger partial charge on any atom is 0.309 e. The highest BCUT2D eigenvalue weighted by molar-refractivity contribution is 5.74. The molecule has 3 saturated carbocycles. The van der Waals surface area contributed by atoms with Crippen LogP contribution < -0.4 is 0 Å². The summed E-state index contributed by atoms with van der Waals surface area (Å²) in [5.41, 5.74) is -2.15. The SMILES string of the molecule is CC(C)[C@H](C)[C@@H](O)[C@H](O)[C@](C)(O)[C@H]1CC[C@H]2[C@@H]3COC(=O)[C@H]4C[C@H](O)[C@H](O)C[C@]4(C)[C@H]3CC[C@]12C. The van der Waals surface area contributed by atoms with Gasteiger partial charge in [-0.05, 0) is 91.8 Å². The molecule has 0 amide bonds. The van der Waals surface area contributed by atoms with Crippen LogP contribution in [0.15, 0.2) is 0 Å². The summed E-state index contributed by atoms with van der Waals surface area (Å²) < 4.78 is 5.82. The Morgan fingerprint density at radius 1 is 1.00 bits per heavy atom. The number of fused-ring (bicyclic) bond motifs is 5. The van der Waals surface area contributed by atoms with Gasteiger partial charge in [-0.1, -0.05) is 34.6 Å². The molecule has 4 fully saturated rings. The molecule has 7 nitrogen and oxygen atoms in total. The first-order valence-corrected chi connectivity index (χ1v) is 13.8. The summed E-state index contributed by atoms with van der Waals surface area (Å²) in [6, 6.07) is 0. The van der Waals surface area contributed by atoms with Crippen LogP contribution in [0.4, 0.5) is 0 Å². The summed E-state index contributed by atoms with van der Waals surface area (Å²) in [5, 5.41) is 54.6. The van der Waals surface area contributed by atoms with E-state index in [9.17, 15) is 30.3 Å². The number of esters is 1. The normalized spacial score (nSPS) is 48.0. The van der Waals surface area contributed by atoms with Crippen LogP contribution in [0, 0.1) is 52.3 Å². The molecule has 0 aromatic rings. The maximum absolute atomic E-state index is 13.0. The lowest BCUT2D eigenvalue weighted by molar-refractivity contribution is -0.187. The molecule has 0 aromatic carbocycles. The standard InChI is InChI=1S/C28H48O7/c1-14(2)15(3)23(31)24(32)28(6,34)22-8-7-17-16-13-35-25(33)19-11-20(29)21(30)12-27(19,5)18(16)9-10-26(17,22)4/h14-24,29-32,34H,7-13H2,1-6H3/t15-,16-,17-,18-,19+,20-,21+,22-,23+,24-,26-,27+,28+/m0/s1. The average molecular weight is 497 g/mol. The van der Waals surface area contributed by atoms with E-state index in [-0.39, 0.29) is 53.3 Å². The molecule has 7 heteroatoms. The fourth-order valence-electron chi connectivity index (χ4n) is 8.98. The number of rotatable bonds is 5. The molecule has 1 aliphatic heterocycles. The smallest absolute Gasteiger partial charge is 0.309 e. The van der Waals surface area contributed by atoms with E-state index >= 15 is 0 Å². The first-order chi connectivity index (χ1) is 16.2. The summed E-state index contributed by atoms with van der Waals surface area (Å²) >= 11 is 0. The Hall–Kier alpha value is -0.730. The van der Waals surface area contributed by atoms with Gasteiger partial charge in [0, 0.05) is 0 Å².